The summed E-state index contributed by atoms with van der Waals surface area (Å²) in [6, 6.07) is 14.4. The third-order valence-corrected chi connectivity index (χ3v) is 4.49. The minimum Gasteiger partial charge on any atom is -0.497 e. The van der Waals surface area contributed by atoms with Gasteiger partial charge in [0.1, 0.15) is 12.3 Å². The number of carbonyl (C=O) groups excluding carboxylic acids is 1. The summed E-state index contributed by atoms with van der Waals surface area (Å²) in [6.45, 7) is 5.75. The van der Waals surface area contributed by atoms with E-state index in [0.29, 0.717) is 5.69 Å². The molecule has 0 aliphatic heterocycles. The summed E-state index contributed by atoms with van der Waals surface area (Å²) in [5.41, 5.74) is 4.99. The van der Waals surface area contributed by atoms with E-state index >= 15 is 0 Å². The lowest BCUT2D eigenvalue weighted by atomic mass is 10.1. The van der Waals surface area contributed by atoms with Gasteiger partial charge < -0.3 is 10.1 Å². The molecule has 0 atom stereocenters. The molecule has 1 heterocycles. The first-order chi connectivity index (χ1) is 13.4. The largest absolute Gasteiger partial charge is 0.497 e. The highest BCUT2D eigenvalue weighted by Gasteiger charge is 2.11. The molecule has 1 aromatic heterocycles. The Bertz CT molecular complexity index is 1050. The van der Waals surface area contributed by atoms with Gasteiger partial charge in [-0.05, 0) is 62.2 Å². The molecule has 0 aliphatic rings. The number of anilines is 1. The average molecular weight is 377 g/mol. The second kappa shape index (κ2) is 8.08. The number of aryl methyl sites for hydroxylation is 3. The Kier molecular flexibility index (Phi) is 5.59. The monoisotopic (exact) mass is 377 g/mol. The standard InChI is InChI=1S/C22H23N3O3/c1-14-11-15(2)22(16(3)12-14)23-20(26)13-25-21(27)10-9-19(24-25)17-5-7-18(28-4)8-6-17/h5-12H,13H2,1-4H3,(H,23,26). The number of benzene rings is 2. The van der Waals surface area contributed by atoms with Crippen molar-refractivity contribution < 1.29 is 9.53 Å². The molecule has 0 saturated carbocycles. The number of hydrogen-bond donors (Lipinski definition) is 1. The zero-order valence-corrected chi connectivity index (χ0v) is 16.4. The molecular weight excluding hydrogens is 354 g/mol. The van der Waals surface area contributed by atoms with Gasteiger partial charge in [-0.15, -0.1) is 0 Å². The number of amides is 1. The summed E-state index contributed by atoms with van der Waals surface area (Å²) in [6.07, 6.45) is 0. The number of ether oxygens (including phenoxy) is 1. The van der Waals surface area contributed by atoms with E-state index in [4.69, 9.17) is 4.74 Å². The fourth-order valence-electron chi connectivity index (χ4n) is 3.17. The van der Waals surface area contributed by atoms with Crippen molar-refractivity contribution in [3.63, 3.8) is 0 Å². The van der Waals surface area contributed by atoms with Crippen LogP contribution in [0.5, 0.6) is 5.75 Å². The van der Waals surface area contributed by atoms with Gasteiger partial charge in [-0.25, -0.2) is 4.68 Å². The maximum atomic E-state index is 12.5. The van der Waals surface area contributed by atoms with Crippen molar-refractivity contribution in [2.24, 2.45) is 0 Å². The fraction of sp³-hybridized carbons (Fsp3) is 0.227. The first-order valence-corrected chi connectivity index (χ1v) is 8.97. The highest BCUT2D eigenvalue weighted by atomic mass is 16.5. The van der Waals surface area contributed by atoms with Crippen molar-refractivity contribution in [1.29, 1.82) is 0 Å². The Morgan fingerprint density at radius 3 is 2.29 bits per heavy atom. The molecule has 3 rings (SSSR count). The molecule has 6 heteroatoms. The van der Waals surface area contributed by atoms with Gasteiger partial charge in [-0.1, -0.05) is 17.7 Å². The summed E-state index contributed by atoms with van der Waals surface area (Å²) >= 11 is 0. The summed E-state index contributed by atoms with van der Waals surface area (Å²) in [5.74, 6) is 0.442. The van der Waals surface area contributed by atoms with E-state index in [1.165, 1.54) is 10.7 Å². The Balaban J connectivity index is 1.82. The molecule has 0 fully saturated rings. The lowest BCUT2D eigenvalue weighted by Gasteiger charge is -2.13. The molecule has 6 nitrogen and oxygen atoms in total. The van der Waals surface area contributed by atoms with Crippen LogP contribution < -0.4 is 15.6 Å². The summed E-state index contributed by atoms with van der Waals surface area (Å²) in [4.78, 5) is 24.7. The summed E-state index contributed by atoms with van der Waals surface area (Å²) in [7, 11) is 1.60. The minimum absolute atomic E-state index is 0.157. The van der Waals surface area contributed by atoms with Crippen LogP contribution in [0.1, 0.15) is 16.7 Å². The zero-order chi connectivity index (χ0) is 20.3. The van der Waals surface area contributed by atoms with E-state index in [2.05, 4.69) is 10.4 Å². The number of hydrogen-bond acceptors (Lipinski definition) is 4. The molecular formula is C22H23N3O3. The third-order valence-electron chi connectivity index (χ3n) is 4.49. The van der Waals surface area contributed by atoms with E-state index in [1.807, 2.05) is 57.2 Å². The Morgan fingerprint density at radius 2 is 1.68 bits per heavy atom. The number of nitrogens with zero attached hydrogens (tertiary/aromatic N) is 2. The van der Waals surface area contributed by atoms with Crippen LogP contribution in [0.25, 0.3) is 11.3 Å². The van der Waals surface area contributed by atoms with E-state index in [9.17, 15) is 9.59 Å². The Morgan fingerprint density at radius 1 is 1.04 bits per heavy atom. The van der Waals surface area contributed by atoms with Gasteiger partial charge in [0.25, 0.3) is 5.56 Å². The Hall–Kier alpha value is -3.41. The highest BCUT2D eigenvalue weighted by molar-refractivity contribution is 5.92. The summed E-state index contributed by atoms with van der Waals surface area (Å²) < 4.78 is 6.33. The maximum absolute atomic E-state index is 12.5. The molecule has 28 heavy (non-hydrogen) atoms. The lowest BCUT2D eigenvalue weighted by molar-refractivity contribution is -0.117. The van der Waals surface area contributed by atoms with Gasteiger partial charge in [0.15, 0.2) is 0 Å². The number of rotatable bonds is 5. The second-order valence-electron chi connectivity index (χ2n) is 6.76. The van der Waals surface area contributed by atoms with Gasteiger partial charge in [0.2, 0.25) is 5.91 Å². The van der Waals surface area contributed by atoms with Crippen LogP contribution in [0.15, 0.2) is 53.3 Å². The van der Waals surface area contributed by atoms with Crippen molar-refractivity contribution in [2.45, 2.75) is 27.3 Å². The molecule has 0 saturated heterocycles. The van der Waals surface area contributed by atoms with Crippen LogP contribution in [-0.4, -0.2) is 22.8 Å². The van der Waals surface area contributed by atoms with Crippen molar-refractivity contribution in [3.05, 3.63) is 75.6 Å². The van der Waals surface area contributed by atoms with Gasteiger partial charge in [-0.2, -0.15) is 5.10 Å². The van der Waals surface area contributed by atoms with Gasteiger partial charge >= 0.3 is 0 Å². The topological polar surface area (TPSA) is 73.2 Å². The van der Waals surface area contributed by atoms with Crippen molar-refractivity contribution >= 4 is 11.6 Å². The number of nitrogens with one attached hydrogen (secondary N) is 1. The van der Waals surface area contributed by atoms with Gasteiger partial charge in [-0.3, -0.25) is 9.59 Å². The van der Waals surface area contributed by atoms with Crippen LogP contribution in [0.4, 0.5) is 5.69 Å². The number of aromatic nitrogens is 2. The normalized spacial score (nSPS) is 10.6. The molecule has 0 bridgehead atoms. The van der Waals surface area contributed by atoms with Crippen LogP contribution in [0.3, 0.4) is 0 Å². The highest BCUT2D eigenvalue weighted by Crippen LogP contribution is 2.22. The van der Waals surface area contributed by atoms with E-state index in [0.717, 1.165) is 33.7 Å². The van der Waals surface area contributed by atoms with Crippen LogP contribution in [0.2, 0.25) is 0 Å². The first kappa shape index (κ1) is 19.4. The molecule has 0 unspecified atom stereocenters. The first-order valence-electron chi connectivity index (χ1n) is 8.97. The smallest absolute Gasteiger partial charge is 0.267 e. The molecule has 1 amide bonds. The van der Waals surface area contributed by atoms with E-state index in [-0.39, 0.29) is 18.0 Å². The third kappa shape index (κ3) is 4.28. The minimum atomic E-state index is -0.329. The zero-order valence-electron chi connectivity index (χ0n) is 16.4. The van der Waals surface area contributed by atoms with Gasteiger partial charge in [0, 0.05) is 17.3 Å². The molecule has 3 aromatic rings. The molecule has 0 radical (unpaired) electrons. The fourth-order valence-corrected chi connectivity index (χ4v) is 3.17. The Labute approximate surface area is 163 Å². The molecule has 144 valence electrons. The van der Waals surface area contributed by atoms with Crippen molar-refractivity contribution in [2.75, 3.05) is 12.4 Å². The summed E-state index contributed by atoms with van der Waals surface area (Å²) in [5, 5.41) is 7.24. The number of carbonyl (C=O) groups is 1. The average Bonchev–Trinajstić information content (AvgIpc) is 2.66. The molecule has 0 aliphatic carbocycles. The van der Waals surface area contributed by atoms with Crippen molar-refractivity contribution in [1.82, 2.24) is 9.78 Å². The predicted octanol–water partition coefficient (Wildman–Crippen LogP) is 3.48. The maximum Gasteiger partial charge on any atom is 0.267 e. The second-order valence-corrected chi connectivity index (χ2v) is 6.76. The van der Waals surface area contributed by atoms with Crippen LogP contribution in [-0.2, 0) is 11.3 Å². The molecule has 0 spiro atoms. The van der Waals surface area contributed by atoms with Crippen molar-refractivity contribution in [3.8, 4) is 17.0 Å². The van der Waals surface area contributed by atoms with Crippen LogP contribution >= 0.6 is 0 Å². The molecule has 2 aromatic carbocycles. The van der Waals surface area contributed by atoms with E-state index < -0.39 is 0 Å². The van der Waals surface area contributed by atoms with Gasteiger partial charge in [0.05, 0.1) is 12.8 Å². The predicted molar refractivity (Wildman–Crippen MR) is 110 cm³/mol. The SMILES string of the molecule is COc1ccc(-c2ccc(=O)n(CC(=O)Nc3c(C)cc(C)cc3C)n2)cc1. The lowest BCUT2D eigenvalue weighted by Crippen LogP contribution is -2.29. The van der Waals surface area contributed by atoms with Crippen LogP contribution in [0, 0.1) is 20.8 Å². The molecule has 1 N–H and O–H groups in total. The number of methoxy groups -OCH3 is 1. The quantitative estimate of drug-likeness (QED) is 0.739. The van der Waals surface area contributed by atoms with E-state index in [1.54, 1.807) is 13.2 Å².